The Bertz CT molecular complexity index is 305. The number of hydrogen-bond donors (Lipinski definition) is 1. The first kappa shape index (κ1) is 10.1. The lowest BCUT2D eigenvalue weighted by atomic mass is 10.2. The van der Waals surface area contributed by atoms with Gasteiger partial charge in [-0.2, -0.15) is 0 Å². The summed E-state index contributed by atoms with van der Waals surface area (Å²) in [4.78, 5) is 0. The Labute approximate surface area is 87.7 Å². The Morgan fingerprint density at radius 1 is 1.31 bits per heavy atom. The first-order valence-corrected chi connectivity index (χ1v) is 5.31. The monoisotopic (exact) mass is 237 g/mol. The second kappa shape index (κ2) is 5.66. The van der Waals surface area contributed by atoms with Crippen LogP contribution in [0.25, 0.3) is 0 Å². The summed E-state index contributed by atoms with van der Waals surface area (Å²) in [5.41, 5.74) is 2.19. The first-order chi connectivity index (χ1) is 6.36. The lowest BCUT2D eigenvalue weighted by Crippen LogP contribution is -1.86. The Kier molecular flexibility index (Phi) is 4.42. The summed E-state index contributed by atoms with van der Waals surface area (Å²) in [7, 11) is 1.91. The molecule has 68 valence electrons. The molecule has 0 atom stereocenters. The zero-order chi connectivity index (χ0) is 9.52. The summed E-state index contributed by atoms with van der Waals surface area (Å²) < 4.78 is 0. The smallest absolute Gasteiger partial charge is 0.0338 e. The van der Waals surface area contributed by atoms with Crippen LogP contribution in [0, 0.1) is 11.8 Å². The fraction of sp³-hybridized carbons (Fsp3) is 0.273. The molecule has 0 aliphatic carbocycles. The van der Waals surface area contributed by atoms with Gasteiger partial charge in [-0.25, -0.2) is 0 Å². The third kappa shape index (κ3) is 3.52. The number of hydrogen-bond acceptors (Lipinski definition) is 1. The average molecular weight is 238 g/mol. The molecule has 1 rings (SSSR count). The number of halogens is 1. The molecule has 0 bridgehead atoms. The van der Waals surface area contributed by atoms with Crippen LogP contribution in [0.2, 0.25) is 0 Å². The van der Waals surface area contributed by atoms with Crippen molar-refractivity contribution in [1.29, 1.82) is 0 Å². The molecule has 0 aromatic heterocycles. The molecule has 0 amide bonds. The molecule has 0 spiro atoms. The Balaban J connectivity index is 2.65. The minimum Gasteiger partial charge on any atom is -0.388 e. The molecule has 0 unspecified atom stereocenters. The van der Waals surface area contributed by atoms with Gasteiger partial charge >= 0.3 is 0 Å². The minimum absolute atomic E-state index is 0.897. The summed E-state index contributed by atoms with van der Waals surface area (Å²) in [5.74, 6) is 6.16. The van der Waals surface area contributed by atoms with E-state index in [0.29, 0.717) is 0 Å². The molecule has 2 heteroatoms. The lowest BCUT2D eigenvalue weighted by molar-refractivity contribution is 1.32. The van der Waals surface area contributed by atoms with Crippen LogP contribution in [-0.4, -0.2) is 12.4 Å². The molecule has 0 fully saturated rings. The van der Waals surface area contributed by atoms with Crippen molar-refractivity contribution in [2.75, 3.05) is 17.7 Å². The SMILES string of the molecule is CNc1ccc(C#CCCBr)cc1. The third-order valence-corrected chi connectivity index (χ3v) is 2.02. The molecule has 0 saturated carbocycles. The lowest BCUT2D eigenvalue weighted by Gasteiger charge is -1.97. The van der Waals surface area contributed by atoms with Crippen LogP contribution in [0.5, 0.6) is 0 Å². The second-order valence-corrected chi connectivity index (χ2v) is 3.36. The number of rotatable bonds is 2. The molecule has 0 aliphatic rings. The maximum atomic E-state index is 3.33. The van der Waals surface area contributed by atoms with Crippen LogP contribution in [0.15, 0.2) is 24.3 Å². The molecule has 13 heavy (non-hydrogen) atoms. The van der Waals surface area contributed by atoms with Crippen LogP contribution in [-0.2, 0) is 0 Å². The number of benzene rings is 1. The molecule has 0 radical (unpaired) electrons. The summed E-state index contributed by atoms with van der Waals surface area (Å²) in [5, 5.41) is 4.00. The van der Waals surface area contributed by atoms with Gasteiger partial charge < -0.3 is 5.32 Å². The highest BCUT2D eigenvalue weighted by Crippen LogP contribution is 2.07. The fourth-order valence-electron chi connectivity index (χ4n) is 0.932. The van der Waals surface area contributed by atoms with Crippen molar-refractivity contribution in [1.82, 2.24) is 0 Å². The molecule has 0 saturated heterocycles. The van der Waals surface area contributed by atoms with E-state index in [0.717, 1.165) is 23.0 Å². The van der Waals surface area contributed by atoms with Crippen LogP contribution in [0.1, 0.15) is 12.0 Å². The summed E-state index contributed by atoms with van der Waals surface area (Å²) in [6.45, 7) is 0. The highest BCUT2D eigenvalue weighted by Gasteiger charge is 1.87. The van der Waals surface area contributed by atoms with Crippen LogP contribution in [0.3, 0.4) is 0 Å². The number of alkyl halides is 1. The Morgan fingerprint density at radius 2 is 2.00 bits per heavy atom. The van der Waals surface area contributed by atoms with E-state index in [2.05, 4.69) is 33.1 Å². The largest absolute Gasteiger partial charge is 0.388 e. The van der Waals surface area contributed by atoms with Gasteiger partial charge in [-0.1, -0.05) is 27.8 Å². The fourth-order valence-corrected chi connectivity index (χ4v) is 1.13. The van der Waals surface area contributed by atoms with Crippen molar-refractivity contribution in [3.8, 4) is 11.8 Å². The third-order valence-electron chi connectivity index (χ3n) is 1.63. The van der Waals surface area contributed by atoms with E-state index in [1.807, 2.05) is 31.3 Å². The van der Waals surface area contributed by atoms with Crippen molar-refractivity contribution < 1.29 is 0 Å². The van der Waals surface area contributed by atoms with Crippen LogP contribution in [0.4, 0.5) is 5.69 Å². The van der Waals surface area contributed by atoms with Crippen molar-refractivity contribution in [2.24, 2.45) is 0 Å². The minimum atomic E-state index is 0.897. The van der Waals surface area contributed by atoms with Crippen LogP contribution >= 0.6 is 15.9 Å². The van der Waals surface area contributed by atoms with Crippen LogP contribution < -0.4 is 5.32 Å². The predicted octanol–water partition coefficient (Wildman–Crippen LogP) is 2.86. The van der Waals surface area contributed by atoms with E-state index >= 15 is 0 Å². The Hall–Kier alpha value is -0.940. The molecule has 0 heterocycles. The summed E-state index contributed by atoms with van der Waals surface area (Å²) in [6, 6.07) is 8.09. The van der Waals surface area contributed by atoms with Gasteiger partial charge in [0.15, 0.2) is 0 Å². The van der Waals surface area contributed by atoms with Gasteiger partial charge in [0.1, 0.15) is 0 Å². The number of anilines is 1. The number of nitrogens with one attached hydrogen (secondary N) is 1. The molecule has 0 aliphatic heterocycles. The summed E-state index contributed by atoms with van der Waals surface area (Å²) in [6.07, 6.45) is 0.897. The zero-order valence-corrected chi connectivity index (χ0v) is 9.19. The molecule has 1 nitrogen and oxygen atoms in total. The molecular weight excluding hydrogens is 226 g/mol. The summed E-state index contributed by atoms with van der Waals surface area (Å²) >= 11 is 3.33. The molecular formula is C11H12BrN. The topological polar surface area (TPSA) is 12.0 Å². The van der Waals surface area contributed by atoms with Crippen molar-refractivity contribution >= 4 is 21.6 Å². The van der Waals surface area contributed by atoms with Gasteiger partial charge in [-0.3, -0.25) is 0 Å². The zero-order valence-electron chi connectivity index (χ0n) is 7.60. The van der Waals surface area contributed by atoms with E-state index in [1.54, 1.807) is 0 Å². The van der Waals surface area contributed by atoms with Gasteiger partial charge in [0, 0.05) is 30.0 Å². The maximum absolute atomic E-state index is 3.33. The standard InChI is InChI=1S/C11H12BrN/c1-13-11-7-5-10(6-8-11)4-2-3-9-12/h5-8,13H,3,9H2,1H3. The highest BCUT2D eigenvalue weighted by atomic mass is 79.9. The molecule has 1 aromatic carbocycles. The second-order valence-electron chi connectivity index (χ2n) is 2.57. The van der Waals surface area contributed by atoms with Gasteiger partial charge in [0.2, 0.25) is 0 Å². The predicted molar refractivity (Wildman–Crippen MR) is 61.3 cm³/mol. The van der Waals surface area contributed by atoms with Crippen molar-refractivity contribution in [3.05, 3.63) is 29.8 Å². The van der Waals surface area contributed by atoms with E-state index in [1.165, 1.54) is 0 Å². The molecule has 1 aromatic rings. The van der Waals surface area contributed by atoms with Gasteiger partial charge in [-0.15, -0.1) is 0 Å². The average Bonchev–Trinajstić information content (AvgIpc) is 2.19. The van der Waals surface area contributed by atoms with E-state index in [4.69, 9.17) is 0 Å². The van der Waals surface area contributed by atoms with Gasteiger partial charge in [0.25, 0.3) is 0 Å². The maximum Gasteiger partial charge on any atom is 0.0338 e. The van der Waals surface area contributed by atoms with E-state index in [9.17, 15) is 0 Å². The highest BCUT2D eigenvalue weighted by molar-refractivity contribution is 9.09. The van der Waals surface area contributed by atoms with E-state index < -0.39 is 0 Å². The quantitative estimate of drug-likeness (QED) is 0.617. The van der Waals surface area contributed by atoms with Crippen molar-refractivity contribution in [2.45, 2.75) is 6.42 Å². The normalized spacial score (nSPS) is 8.77. The Morgan fingerprint density at radius 3 is 2.54 bits per heavy atom. The first-order valence-electron chi connectivity index (χ1n) is 4.19. The van der Waals surface area contributed by atoms with E-state index in [-0.39, 0.29) is 0 Å². The molecule has 1 N–H and O–H groups in total. The van der Waals surface area contributed by atoms with Crippen molar-refractivity contribution in [3.63, 3.8) is 0 Å². The van der Waals surface area contributed by atoms with Gasteiger partial charge in [0.05, 0.1) is 0 Å². The van der Waals surface area contributed by atoms with Gasteiger partial charge in [-0.05, 0) is 24.3 Å².